The average molecular weight is 437 g/mol. The second-order valence-electron chi connectivity index (χ2n) is 8.66. The van der Waals surface area contributed by atoms with Crippen molar-refractivity contribution >= 4 is 23.2 Å². The summed E-state index contributed by atoms with van der Waals surface area (Å²) in [6.07, 6.45) is 4.58. The predicted octanol–water partition coefficient (Wildman–Crippen LogP) is 3.75. The SMILES string of the molecule is CC(C)NC(=O)[C@@]1(Cc2ccc(-c3cccs3)cc2)CCN(C(=O)c2cn(C)cn2)C1. The Kier molecular flexibility index (Phi) is 5.96. The largest absolute Gasteiger partial charge is 0.353 e. The van der Waals surface area contributed by atoms with Crippen molar-refractivity contribution in [1.29, 1.82) is 0 Å². The number of carbonyl (C=O) groups is 2. The van der Waals surface area contributed by atoms with E-state index < -0.39 is 5.41 Å². The second kappa shape index (κ2) is 8.67. The zero-order chi connectivity index (χ0) is 22.0. The van der Waals surface area contributed by atoms with Crippen molar-refractivity contribution in [1.82, 2.24) is 19.8 Å². The Balaban J connectivity index is 1.56. The minimum Gasteiger partial charge on any atom is -0.353 e. The standard InChI is InChI=1S/C24H28N4O2S/c1-17(2)26-23(30)24(10-11-28(15-24)22(29)20-14-27(3)16-25-20)13-18-6-8-19(9-7-18)21-5-4-12-31-21/h4-9,12,14,16-17H,10-11,13,15H2,1-3H3,(H,26,30)/t24-/m1/s1. The number of likely N-dealkylation sites (tertiary alicyclic amines) is 1. The third-order valence-electron chi connectivity index (χ3n) is 5.77. The minimum atomic E-state index is -0.640. The zero-order valence-electron chi connectivity index (χ0n) is 18.2. The van der Waals surface area contributed by atoms with Gasteiger partial charge in [-0.2, -0.15) is 0 Å². The summed E-state index contributed by atoms with van der Waals surface area (Å²) in [6.45, 7) is 4.88. The number of aromatic nitrogens is 2. The number of carbonyl (C=O) groups excluding carboxylic acids is 2. The van der Waals surface area contributed by atoms with E-state index in [0.29, 0.717) is 31.6 Å². The molecule has 0 unspecified atom stereocenters. The van der Waals surface area contributed by atoms with Gasteiger partial charge in [0.05, 0.1) is 11.7 Å². The van der Waals surface area contributed by atoms with Crippen molar-refractivity contribution in [3.05, 3.63) is 65.6 Å². The van der Waals surface area contributed by atoms with Crippen LogP contribution in [-0.4, -0.2) is 45.4 Å². The average Bonchev–Trinajstić information content (AvgIpc) is 3.49. The number of hydrogen-bond acceptors (Lipinski definition) is 4. The maximum Gasteiger partial charge on any atom is 0.274 e. The lowest BCUT2D eigenvalue weighted by atomic mass is 9.79. The number of nitrogens with one attached hydrogen (secondary N) is 1. The molecule has 6 nitrogen and oxygen atoms in total. The van der Waals surface area contributed by atoms with Crippen LogP contribution in [0.25, 0.3) is 10.4 Å². The first-order valence-corrected chi connectivity index (χ1v) is 11.5. The molecular formula is C24H28N4O2S. The van der Waals surface area contributed by atoms with E-state index in [1.54, 1.807) is 33.3 Å². The molecule has 162 valence electrons. The molecule has 1 aliphatic rings. The number of amides is 2. The molecule has 0 radical (unpaired) electrons. The number of rotatable bonds is 6. The van der Waals surface area contributed by atoms with E-state index in [0.717, 1.165) is 5.56 Å². The summed E-state index contributed by atoms with van der Waals surface area (Å²) in [4.78, 5) is 33.4. The van der Waals surface area contributed by atoms with E-state index in [-0.39, 0.29) is 17.9 Å². The highest BCUT2D eigenvalue weighted by atomic mass is 32.1. The summed E-state index contributed by atoms with van der Waals surface area (Å²) in [5, 5.41) is 5.16. The Hall–Kier alpha value is -2.93. The van der Waals surface area contributed by atoms with Crippen LogP contribution in [0.4, 0.5) is 0 Å². The lowest BCUT2D eigenvalue weighted by Crippen LogP contribution is -2.47. The third kappa shape index (κ3) is 4.56. The Bertz CT molecular complexity index is 1060. The zero-order valence-corrected chi connectivity index (χ0v) is 19.0. The van der Waals surface area contributed by atoms with Gasteiger partial charge >= 0.3 is 0 Å². The number of thiophene rings is 1. The first-order chi connectivity index (χ1) is 14.9. The van der Waals surface area contributed by atoms with Crippen LogP contribution in [0.1, 0.15) is 36.3 Å². The molecule has 1 aromatic carbocycles. The molecule has 1 N–H and O–H groups in total. The number of hydrogen-bond donors (Lipinski definition) is 1. The highest BCUT2D eigenvalue weighted by Crippen LogP contribution is 2.36. The van der Waals surface area contributed by atoms with Crippen LogP contribution in [-0.2, 0) is 18.3 Å². The van der Waals surface area contributed by atoms with Crippen LogP contribution in [0.15, 0.2) is 54.3 Å². The molecule has 0 spiro atoms. The third-order valence-corrected chi connectivity index (χ3v) is 6.69. The van der Waals surface area contributed by atoms with Gasteiger partial charge in [0.15, 0.2) is 0 Å². The number of benzene rings is 1. The Morgan fingerprint density at radius 3 is 2.61 bits per heavy atom. The van der Waals surface area contributed by atoms with Gasteiger partial charge in [0.1, 0.15) is 5.69 Å². The van der Waals surface area contributed by atoms with Gasteiger partial charge in [-0.1, -0.05) is 30.3 Å². The van der Waals surface area contributed by atoms with Crippen LogP contribution in [0.2, 0.25) is 0 Å². The highest BCUT2D eigenvalue weighted by Gasteiger charge is 2.46. The molecule has 7 heteroatoms. The molecule has 0 bridgehead atoms. The first-order valence-electron chi connectivity index (χ1n) is 10.6. The molecule has 1 aliphatic heterocycles. The van der Waals surface area contributed by atoms with Gasteiger partial charge in [0.2, 0.25) is 5.91 Å². The van der Waals surface area contributed by atoms with Crippen LogP contribution < -0.4 is 5.32 Å². The van der Waals surface area contributed by atoms with Crippen molar-refractivity contribution in [3.63, 3.8) is 0 Å². The van der Waals surface area contributed by atoms with Gasteiger partial charge in [-0.15, -0.1) is 11.3 Å². The van der Waals surface area contributed by atoms with E-state index >= 15 is 0 Å². The second-order valence-corrected chi connectivity index (χ2v) is 9.61. The lowest BCUT2D eigenvalue weighted by molar-refractivity contribution is -0.130. The van der Waals surface area contributed by atoms with Crippen LogP contribution >= 0.6 is 11.3 Å². The van der Waals surface area contributed by atoms with Crippen LogP contribution in [0, 0.1) is 5.41 Å². The van der Waals surface area contributed by atoms with Crippen LogP contribution in [0.5, 0.6) is 0 Å². The Morgan fingerprint density at radius 1 is 1.23 bits per heavy atom. The first kappa shape index (κ1) is 21.3. The van der Waals surface area contributed by atoms with Crippen molar-refractivity contribution < 1.29 is 9.59 Å². The summed E-state index contributed by atoms with van der Waals surface area (Å²) in [5.74, 6) is -0.103. The van der Waals surface area contributed by atoms with Gasteiger partial charge < -0.3 is 14.8 Å². The van der Waals surface area contributed by atoms with Gasteiger partial charge in [0.25, 0.3) is 5.91 Å². The van der Waals surface area contributed by atoms with Gasteiger partial charge in [-0.25, -0.2) is 4.98 Å². The molecule has 0 saturated carbocycles. The molecule has 3 aromatic rings. The maximum absolute atomic E-state index is 13.3. The van der Waals surface area contributed by atoms with E-state index in [4.69, 9.17) is 0 Å². The summed E-state index contributed by atoms with van der Waals surface area (Å²) < 4.78 is 1.76. The fraction of sp³-hybridized carbons (Fsp3) is 0.375. The molecule has 1 saturated heterocycles. The van der Waals surface area contributed by atoms with Gasteiger partial charge in [-0.3, -0.25) is 9.59 Å². The number of nitrogens with zero attached hydrogens (tertiary/aromatic N) is 3. The smallest absolute Gasteiger partial charge is 0.274 e. The highest BCUT2D eigenvalue weighted by molar-refractivity contribution is 7.13. The summed E-state index contributed by atoms with van der Waals surface area (Å²) >= 11 is 1.71. The van der Waals surface area contributed by atoms with E-state index in [1.807, 2.05) is 27.0 Å². The van der Waals surface area contributed by atoms with Crippen molar-refractivity contribution in [2.45, 2.75) is 32.7 Å². The summed E-state index contributed by atoms with van der Waals surface area (Å²) in [5.41, 5.74) is 2.06. The normalized spacial score (nSPS) is 18.5. The summed E-state index contributed by atoms with van der Waals surface area (Å²) in [6, 6.07) is 12.6. The monoisotopic (exact) mass is 436 g/mol. The topological polar surface area (TPSA) is 67.2 Å². The number of imidazole rings is 1. The van der Waals surface area contributed by atoms with Crippen molar-refractivity contribution in [2.75, 3.05) is 13.1 Å². The Morgan fingerprint density at radius 2 is 2.00 bits per heavy atom. The fourth-order valence-electron chi connectivity index (χ4n) is 4.18. The molecule has 0 aliphatic carbocycles. The lowest BCUT2D eigenvalue weighted by Gasteiger charge is -2.29. The van der Waals surface area contributed by atoms with Crippen LogP contribution in [0.3, 0.4) is 0 Å². The molecule has 1 atom stereocenters. The summed E-state index contributed by atoms with van der Waals surface area (Å²) in [7, 11) is 1.84. The quantitative estimate of drug-likeness (QED) is 0.640. The molecule has 2 amide bonds. The number of aryl methyl sites for hydroxylation is 1. The molecule has 4 rings (SSSR count). The molecular weight excluding hydrogens is 408 g/mol. The minimum absolute atomic E-state index is 0.0150. The predicted molar refractivity (Wildman–Crippen MR) is 123 cm³/mol. The molecule has 1 fully saturated rings. The van der Waals surface area contributed by atoms with Gasteiger partial charge in [0, 0.05) is 37.3 Å². The maximum atomic E-state index is 13.3. The van der Waals surface area contributed by atoms with E-state index in [9.17, 15) is 9.59 Å². The van der Waals surface area contributed by atoms with E-state index in [1.165, 1.54) is 10.4 Å². The molecule has 31 heavy (non-hydrogen) atoms. The van der Waals surface area contributed by atoms with E-state index in [2.05, 4.69) is 46.0 Å². The molecule has 2 aromatic heterocycles. The van der Waals surface area contributed by atoms with Crippen molar-refractivity contribution in [2.24, 2.45) is 12.5 Å². The van der Waals surface area contributed by atoms with Gasteiger partial charge in [-0.05, 0) is 49.3 Å². The van der Waals surface area contributed by atoms with Crippen molar-refractivity contribution in [3.8, 4) is 10.4 Å². The molecule has 3 heterocycles. The fourth-order valence-corrected chi connectivity index (χ4v) is 4.91. The Labute approximate surface area is 186 Å².